The number of hydrogen-bond donors (Lipinski definition) is 2. The van der Waals surface area contributed by atoms with Crippen LogP contribution in [0.2, 0.25) is 0 Å². The van der Waals surface area contributed by atoms with Crippen LogP contribution < -0.4 is 10.0 Å². The summed E-state index contributed by atoms with van der Waals surface area (Å²) in [5.74, 6) is 0. The van der Waals surface area contributed by atoms with Crippen molar-refractivity contribution in [1.82, 2.24) is 0 Å². The molecule has 0 fully saturated rings. The van der Waals surface area contributed by atoms with Gasteiger partial charge in [-0.05, 0) is 17.7 Å². The standard InChI is InChI=1S/C13H11F3N3O3/c14-13(15,16)10-3-1-9(2-4-10)7-17-11-8-18(20)6-5-12(11)19(21)22/h1-6,8,17,20H,7H2/q+1. The number of pyridine rings is 1. The van der Waals surface area contributed by atoms with E-state index in [9.17, 15) is 28.5 Å². The monoisotopic (exact) mass is 314 g/mol. The number of alkyl halides is 3. The molecule has 0 spiro atoms. The Balaban J connectivity index is 2.13. The lowest BCUT2D eigenvalue weighted by Gasteiger charge is -2.08. The van der Waals surface area contributed by atoms with Crippen LogP contribution in [0.4, 0.5) is 24.5 Å². The first-order valence-corrected chi connectivity index (χ1v) is 6.06. The number of benzene rings is 1. The molecule has 2 N–H and O–H groups in total. The first kappa shape index (κ1) is 15.5. The second-order valence-corrected chi connectivity index (χ2v) is 4.43. The van der Waals surface area contributed by atoms with Gasteiger partial charge in [-0.25, -0.2) is 0 Å². The number of nitrogens with one attached hydrogen (secondary N) is 1. The average molecular weight is 314 g/mol. The quantitative estimate of drug-likeness (QED) is 0.394. The van der Waals surface area contributed by atoms with Gasteiger partial charge in [0.15, 0.2) is 5.69 Å². The summed E-state index contributed by atoms with van der Waals surface area (Å²) >= 11 is 0. The molecule has 0 bridgehead atoms. The predicted octanol–water partition coefficient (Wildman–Crippen LogP) is 2.75. The second kappa shape index (κ2) is 5.88. The minimum absolute atomic E-state index is 0.0508. The lowest BCUT2D eigenvalue weighted by atomic mass is 10.1. The Kier molecular flexibility index (Phi) is 4.15. The van der Waals surface area contributed by atoms with E-state index in [0.717, 1.165) is 30.6 Å². The summed E-state index contributed by atoms with van der Waals surface area (Å²) in [6.45, 7) is 0.0724. The fraction of sp³-hybridized carbons (Fsp3) is 0.154. The van der Waals surface area contributed by atoms with Gasteiger partial charge in [-0.3, -0.25) is 15.3 Å². The van der Waals surface area contributed by atoms with Crippen LogP contribution >= 0.6 is 0 Å². The minimum atomic E-state index is -4.41. The molecule has 0 atom stereocenters. The molecule has 9 heteroatoms. The Bertz CT molecular complexity index is 687. The molecule has 0 aliphatic rings. The second-order valence-electron chi connectivity index (χ2n) is 4.43. The third-order valence-electron chi connectivity index (χ3n) is 2.88. The number of aromatic nitrogens is 1. The summed E-state index contributed by atoms with van der Waals surface area (Å²) in [4.78, 5) is 10.2. The van der Waals surface area contributed by atoms with Gasteiger partial charge in [-0.15, -0.1) is 0 Å². The van der Waals surface area contributed by atoms with Crippen molar-refractivity contribution in [3.63, 3.8) is 0 Å². The summed E-state index contributed by atoms with van der Waals surface area (Å²) in [6, 6.07) is 5.52. The molecule has 0 saturated heterocycles. The van der Waals surface area contributed by atoms with Crippen LogP contribution in [-0.2, 0) is 12.7 Å². The van der Waals surface area contributed by atoms with Crippen LogP contribution in [0.3, 0.4) is 0 Å². The van der Waals surface area contributed by atoms with Gasteiger partial charge in [0, 0.05) is 11.3 Å². The van der Waals surface area contributed by atoms with Crippen molar-refractivity contribution in [1.29, 1.82) is 0 Å². The van der Waals surface area contributed by atoms with Gasteiger partial charge in [0.2, 0.25) is 6.20 Å². The van der Waals surface area contributed by atoms with E-state index in [-0.39, 0.29) is 17.9 Å². The molecule has 0 radical (unpaired) electrons. The summed E-state index contributed by atoms with van der Waals surface area (Å²) in [7, 11) is 0. The Morgan fingerprint density at radius 2 is 1.86 bits per heavy atom. The highest BCUT2D eigenvalue weighted by Crippen LogP contribution is 2.29. The zero-order chi connectivity index (χ0) is 16.3. The number of halogens is 3. The van der Waals surface area contributed by atoms with E-state index in [0.29, 0.717) is 10.3 Å². The van der Waals surface area contributed by atoms with Gasteiger partial charge in [-0.1, -0.05) is 12.1 Å². The fourth-order valence-electron chi connectivity index (χ4n) is 1.78. The Hall–Kier alpha value is -2.84. The molecular weight excluding hydrogens is 303 g/mol. The molecule has 0 amide bonds. The van der Waals surface area contributed by atoms with E-state index in [4.69, 9.17) is 0 Å². The van der Waals surface area contributed by atoms with Crippen LogP contribution in [0.5, 0.6) is 0 Å². The molecule has 1 aromatic heterocycles. The fourth-order valence-corrected chi connectivity index (χ4v) is 1.78. The van der Waals surface area contributed by atoms with Crippen LogP contribution in [0.15, 0.2) is 42.7 Å². The van der Waals surface area contributed by atoms with Gasteiger partial charge < -0.3 is 5.32 Å². The van der Waals surface area contributed by atoms with Gasteiger partial charge in [0.05, 0.1) is 16.6 Å². The van der Waals surface area contributed by atoms with Crippen molar-refractivity contribution in [2.75, 3.05) is 5.32 Å². The van der Waals surface area contributed by atoms with Crippen molar-refractivity contribution in [2.24, 2.45) is 0 Å². The molecule has 0 unspecified atom stereocenters. The maximum absolute atomic E-state index is 12.4. The van der Waals surface area contributed by atoms with E-state index in [1.54, 1.807) is 0 Å². The molecular formula is C13H11F3N3O3+. The molecule has 0 saturated carbocycles. The predicted molar refractivity (Wildman–Crippen MR) is 69.2 cm³/mol. The summed E-state index contributed by atoms with van der Waals surface area (Å²) in [5, 5.41) is 22.8. The largest absolute Gasteiger partial charge is 0.416 e. The molecule has 22 heavy (non-hydrogen) atoms. The number of anilines is 1. The van der Waals surface area contributed by atoms with Gasteiger partial charge in [-0.2, -0.15) is 13.2 Å². The van der Waals surface area contributed by atoms with Gasteiger partial charge in [0.25, 0.3) is 6.20 Å². The average Bonchev–Trinajstić information content (AvgIpc) is 2.44. The zero-order valence-electron chi connectivity index (χ0n) is 11.0. The molecule has 0 aliphatic carbocycles. The maximum Gasteiger partial charge on any atom is 0.416 e. The van der Waals surface area contributed by atoms with Crippen molar-refractivity contribution >= 4 is 11.4 Å². The summed E-state index contributed by atoms with van der Waals surface area (Å²) < 4.78 is 37.9. The molecule has 1 heterocycles. The number of nitrogens with zero attached hydrogens (tertiary/aromatic N) is 2. The zero-order valence-corrected chi connectivity index (χ0v) is 11.0. The van der Waals surface area contributed by atoms with E-state index >= 15 is 0 Å². The van der Waals surface area contributed by atoms with Crippen LogP contribution in [0.25, 0.3) is 0 Å². The number of rotatable bonds is 4. The van der Waals surface area contributed by atoms with Crippen molar-refractivity contribution in [3.8, 4) is 0 Å². The highest BCUT2D eigenvalue weighted by atomic mass is 19.4. The van der Waals surface area contributed by atoms with Crippen molar-refractivity contribution in [2.45, 2.75) is 12.7 Å². The third kappa shape index (κ3) is 3.62. The highest BCUT2D eigenvalue weighted by Gasteiger charge is 2.29. The van der Waals surface area contributed by atoms with Gasteiger partial charge >= 0.3 is 11.9 Å². The first-order valence-electron chi connectivity index (χ1n) is 6.06. The van der Waals surface area contributed by atoms with E-state index < -0.39 is 16.7 Å². The van der Waals surface area contributed by atoms with Crippen LogP contribution in [0.1, 0.15) is 11.1 Å². The van der Waals surface area contributed by atoms with Crippen LogP contribution in [-0.4, -0.2) is 10.1 Å². The Morgan fingerprint density at radius 1 is 1.23 bits per heavy atom. The van der Waals surface area contributed by atoms with E-state index in [1.807, 2.05) is 0 Å². The third-order valence-corrected chi connectivity index (χ3v) is 2.88. The number of nitro groups is 1. The first-order chi connectivity index (χ1) is 10.3. The molecule has 0 aliphatic heterocycles. The summed E-state index contributed by atoms with van der Waals surface area (Å²) in [5.41, 5.74) is -0.460. The number of hydrogen-bond acceptors (Lipinski definition) is 4. The van der Waals surface area contributed by atoms with E-state index in [2.05, 4.69) is 5.32 Å². The smallest absolute Gasteiger partial charge is 0.370 e. The van der Waals surface area contributed by atoms with Crippen LogP contribution in [0, 0.1) is 10.1 Å². The van der Waals surface area contributed by atoms with Crippen molar-refractivity contribution < 1.29 is 28.0 Å². The lowest BCUT2D eigenvalue weighted by molar-refractivity contribution is -0.904. The summed E-state index contributed by atoms with van der Waals surface area (Å²) in [6.07, 6.45) is -2.21. The topological polar surface area (TPSA) is 79.3 Å². The highest BCUT2D eigenvalue weighted by molar-refractivity contribution is 5.58. The van der Waals surface area contributed by atoms with E-state index in [1.165, 1.54) is 12.1 Å². The maximum atomic E-state index is 12.4. The normalized spacial score (nSPS) is 11.2. The molecule has 6 nitrogen and oxygen atoms in total. The molecule has 2 rings (SSSR count). The Morgan fingerprint density at radius 3 is 2.41 bits per heavy atom. The van der Waals surface area contributed by atoms with Crippen molar-refractivity contribution in [3.05, 3.63) is 64.0 Å². The Labute approximate surface area is 122 Å². The molecule has 1 aromatic carbocycles. The SMILES string of the molecule is O=[N+]([O-])c1cc[n+](O)cc1NCc1ccc(C(F)(F)F)cc1. The minimum Gasteiger partial charge on any atom is -0.370 e. The molecule has 116 valence electrons. The van der Waals surface area contributed by atoms with Gasteiger partial charge in [0.1, 0.15) is 0 Å². The lowest BCUT2D eigenvalue weighted by Crippen LogP contribution is -2.29. The molecule has 2 aromatic rings.